The molecule has 0 N–H and O–H groups in total. The second-order valence-electron chi connectivity index (χ2n) is 4.00. The van der Waals surface area contributed by atoms with E-state index in [2.05, 4.69) is 38.1 Å². The van der Waals surface area contributed by atoms with Crippen LogP contribution in [-0.4, -0.2) is 6.16 Å². The smallest absolute Gasteiger partial charge is 0.0905 e. The van der Waals surface area contributed by atoms with Crippen LogP contribution < -0.4 is 0 Å². The van der Waals surface area contributed by atoms with Gasteiger partial charge in [0, 0.05) is 6.16 Å². The summed E-state index contributed by atoms with van der Waals surface area (Å²) in [4.78, 5) is 0. The van der Waals surface area contributed by atoms with Gasteiger partial charge in [0.25, 0.3) is 0 Å². The summed E-state index contributed by atoms with van der Waals surface area (Å²) in [5.74, 6) is 0. The zero-order valence-electron chi connectivity index (χ0n) is 8.58. The highest BCUT2D eigenvalue weighted by molar-refractivity contribution is 7.46. The SMILES string of the molecule is Cc1cc(C)cc(C2C=CC[PH]2=O)c1. The molecule has 74 valence electrons. The molecule has 0 saturated heterocycles. The Labute approximate surface area is 85.6 Å². The van der Waals surface area contributed by atoms with E-state index in [-0.39, 0.29) is 5.66 Å². The summed E-state index contributed by atoms with van der Waals surface area (Å²) in [7, 11) is -1.44. The van der Waals surface area contributed by atoms with Gasteiger partial charge in [-0.2, -0.15) is 0 Å². The van der Waals surface area contributed by atoms with Crippen molar-refractivity contribution in [3.8, 4) is 0 Å². The second-order valence-corrected chi connectivity index (χ2v) is 5.96. The summed E-state index contributed by atoms with van der Waals surface area (Å²) in [5, 5.41) is 0. The summed E-state index contributed by atoms with van der Waals surface area (Å²) >= 11 is 0. The second kappa shape index (κ2) is 3.74. The first kappa shape index (κ1) is 9.73. The van der Waals surface area contributed by atoms with E-state index in [4.69, 9.17) is 0 Å². The molecule has 0 amide bonds. The van der Waals surface area contributed by atoms with Crippen LogP contribution in [0.15, 0.2) is 30.4 Å². The summed E-state index contributed by atoms with van der Waals surface area (Å²) in [6.45, 7) is 4.18. The summed E-state index contributed by atoms with van der Waals surface area (Å²) in [6, 6.07) is 6.45. The molecule has 0 aromatic heterocycles. The normalized spacial score (nSPS) is 25.6. The molecule has 1 aromatic carbocycles. The molecule has 14 heavy (non-hydrogen) atoms. The van der Waals surface area contributed by atoms with Crippen molar-refractivity contribution >= 4 is 7.80 Å². The molecule has 0 aliphatic carbocycles. The fraction of sp³-hybridized carbons (Fsp3) is 0.333. The minimum Gasteiger partial charge on any atom is -0.326 e. The Morgan fingerprint density at radius 1 is 1.21 bits per heavy atom. The van der Waals surface area contributed by atoms with E-state index in [1.165, 1.54) is 16.7 Å². The van der Waals surface area contributed by atoms with E-state index in [1.54, 1.807) is 0 Å². The molecule has 2 unspecified atom stereocenters. The lowest BCUT2D eigenvalue weighted by molar-refractivity contribution is 0.587. The van der Waals surface area contributed by atoms with Gasteiger partial charge in [-0.1, -0.05) is 41.5 Å². The molecule has 2 atom stereocenters. The lowest BCUT2D eigenvalue weighted by Crippen LogP contribution is -1.89. The van der Waals surface area contributed by atoms with E-state index in [0.717, 1.165) is 6.16 Å². The molecule has 2 rings (SSSR count). The summed E-state index contributed by atoms with van der Waals surface area (Å²) < 4.78 is 11.7. The molecule has 0 spiro atoms. The van der Waals surface area contributed by atoms with Crippen LogP contribution in [0.25, 0.3) is 0 Å². The van der Waals surface area contributed by atoms with Gasteiger partial charge in [0.05, 0.1) is 13.5 Å². The highest BCUT2D eigenvalue weighted by Crippen LogP contribution is 2.46. The molecule has 0 saturated carbocycles. The molecule has 1 heterocycles. The largest absolute Gasteiger partial charge is 0.326 e. The Bertz CT molecular complexity index is 387. The van der Waals surface area contributed by atoms with Crippen LogP contribution in [0.2, 0.25) is 0 Å². The molecule has 0 bridgehead atoms. The quantitative estimate of drug-likeness (QED) is 0.508. The third-order valence-electron chi connectivity index (χ3n) is 2.60. The number of aryl methyl sites for hydroxylation is 2. The lowest BCUT2D eigenvalue weighted by Gasteiger charge is -2.10. The first-order valence-electron chi connectivity index (χ1n) is 4.94. The van der Waals surface area contributed by atoms with Crippen LogP contribution in [-0.2, 0) is 4.57 Å². The fourth-order valence-electron chi connectivity index (χ4n) is 2.04. The van der Waals surface area contributed by atoms with E-state index in [1.807, 2.05) is 6.08 Å². The molecule has 1 nitrogen and oxygen atoms in total. The Morgan fingerprint density at radius 2 is 1.86 bits per heavy atom. The highest BCUT2D eigenvalue weighted by Gasteiger charge is 2.19. The maximum Gasteiger partial charge on any atom is 0.0905 e. The van der Waals surface area contributed by atoms with E-state index >= 15 is 0 Å². The number of hydrogen-bond acceptors (Lipinski definition) is 1. The van der Waals surface area contributed by atoms with Gasteiger partial charge >= 0.3 is 0 Å². The molecular weight excluding hydrogens is 191 g/mol. The van der Waals surface area contributed by atoms with Crippen LogP contribution in [0.3, 0.4) is 0 Å². The van der Waals surface area contributed by atoms with Gasteiger partial charge in [-0.3, -0.25) is 0 Å². The van der Waals surface area contributed by atoms with Gasteiger partial charge in [-0.15, -0.1) is 0 Å². The minimum absolute atomic E-state index is 0.193. The van der Waals surface area contributed by atoms with Crippen molar-refractivity contribution in [1.82, 2.24) is 0 Å². The van der Waals surface area contributed by atoms with Crippen molar-refractivity contribution in [2.75, 3.05) is 6.16 Å². The maximum atomic E-state index is 11.7. The van der Waals surface area contributed by atoms with Crippen molar-refractivity contribution in [2.45, 2.75) is 19.5 Å². The van der Waals surface area contributed by atoms with Gasteiger partial charge < -0.3 is 4.57 Å². The fourth-order valence-corrected chi connectivity index (χ4v) is 3.55. The first-order chi connectivity index (χ1) is 6.66. The number of hydrogen-bond donors (Lipinski definition) is 0. The highest BCUT2D eigenvalue weighted by atomic mass is 31.1. The van der Waals surface area contributed by atoms with E-state index in [0.29, 0.717) is 0 Å². The number of allylic oxidation sites excluding steroid dienone is 2. The number of benzene rings is 1. The van der Waals surface area contributed by atoms with Crippen LogP contribution >= 0.6 is 7.80 Å². The molecule has 0 radical (unpaired) electrons. The molecule has 1 aromatic rings. The van der Waals surface area contributed by atoms with Crippen molar-refractivity contribution in [2.24, 2.45) is 0 Å². The molecule has 2 heteroatoms. The molecule has 1 aliphatic rings. The van der Waals surface area contributed by atoms with Gasteiger partial charge in [0.2, 0.25) is 0 Å². The van der Waals surface area contributed by atoms with Crippen molar-refractivity contribution in [1.29, 1.82) is 0 Å². The lowest BCUT2D eigenvalue weighted by atomic mass is 10.0. The zero-order valence-corrected chi connectivity index (χ0v) is 9.58. The standard InChI is InChI=1S/C12H15OP/c1-9-6-10(2)8-11(7-9)12-4-3-5-14(12)13/h3-4,6-8,12,14H,5H2,1-2H3. The Hall–Kier alpha value is -0.810. The molecular formula is C12H15OP. The van der Waals surface area contributed by atoms with Gasteiger partial charge in [-0.05, 0) is 19.4 Å². The first-order valence-corrected chi connectivity index (χ1v) is 6.63. The van der Waals surface area contributed by atoms with Crippen LogP contribution in [0.4, 0.5) is 0 Å². The molecule has 1 aliphatic heterocycles. The third-order valence-corrected chi connectivity index (χ3v) is 4.46. The third kappa shape index (κ3) is 1.83. The van der Waals surface area contributed by atoms with Crippen LogP contribution in [0, 0.1) is 13.8 Å². The monoisotopic (exact) mass is 206 g/mol. The van der Waals surface area contributed by atoms with Crippen molar-refractivity contribution < 1.29 is 4.57 Å². The predicted octanol–water partition coefficient (Wildman–Crippen LogP) is 3.47. The van der Waals surface area contributed by atoms with Crippen molar-refractivity contribution in [3.05, 3.63) is 47.0 Å². The van der Waals surface area contributed by atoms with Gasteiger partial charge in [-0.25, -0.2) is 0 Å². The topological polar surface area (TPSA) is 17.1 Å². The van der Waals surface area contributed by atoms with Gasteiger partial charge in [0.1, 0.15) is 0 Å². The Morgan fingerprint density at radius 3 is 2.36 bits per heavy atom. The van der Waals surface area contributed by atoms with Crippen molar-refractivity contribution in [3.63, 3.8) is 0 Å². The average Bonchev–Trinajstić information content (AvgIpc) is 2.49. The zero-order chi connectivity index (χ0) is 10.1. The van der Waals surface area contributed by atoms with E-state index < -0.39 is 7.80 Å². The average molecular weight is 206 g/mol. The summed E-state index contributed by atoms with van der Waals surface area (Å²) in [5.41, 5.74) is 3.93. The van der Waals surface area contributed by atoms with Gasteiger partial charge in [0.15, 0.2) is 0 Å². The van der Waals surface area contributed by atoms with Crippen LogP contribution in [0.1, 0.15) is 22.3 Å². The van der Waals surface area contributed by atoms with E-state index in [9.17, 15) is 4.57 Å². The predicted molar refractivity (Wildman–Crippen MR) is 61.7 cm³/mol. The Kier molecular flexibility index (Phi) is 2.60. The molecule has 0 fully saturated rings. The minimum atomic E-state index is -1.44. The Balaban J connectivity index is 2.41. The number of rotatable bonds is 1. The van der Waals surface area contributed by atoms with Crippen LogP contribution in [0.5, 0.6) is 0 Å². The summed E-state index contributed by atoms with van der Waals surface area (Å²) in [6.07, 6.45) is 4.92. The maximum absolute atomic E-state index is 11.7.